The molecule has 0 aliphatic rings. The maximum absolute atomic E-state index is 6.23. The van der Waals surface area contributed by atoms with Crippen molar-refractivity contribution >= 4 is 54.3 Å². The number of benzene rings is 9. The van der Waals surface area contributed by atoms with Crippen LogP contribution < -0.4 is 0 Å². The minimum Gasteiger partial charge on any atom is -0.456 e. The maximum atomic E-state index is 6.23. The quantitative estimate of drug-likeness (QED) is 0.178. The van der Waals surface area contributed by atoms with Crippen molar-refractivity contribution in [1.82, 2.24) is 0 Å². The van der Waals surface area contributed by atoms with Crippen molar-refractivity contribution in [2.24, 2.45) is 0 Å². The molecule has 1 heterocycles. The molecule has 1 nitrogen and oxygen atoms in total. The zero-order valence-electron chi connectivity index (χ0n) is 26.7. The number of hydrogen-bond donors (Lipinski definition) is 0. The molecule has 0 N–H and O–H groups in total. The summed E-state index contributed by atoms with van der Waals surface area (Å²) >= 11 is 0. The number of fused-ring (bicyclic) bond motifs is 6. The van der Waals surface area contributed by atoms with E-state index in [0.717, 1.165) is 21.9 Å². The molecule has 0 radical (unpaired) electrons. The van der Waals surface area contributed by atoms with Gasteiger partial charge in [-0.15, -0.1) is 0 Å². The second-order valence-electron chi connectivity index (χ2n) is 12.8. The van der Waals surface area contributed by atoms with E-state index in [4.69, 9.17) is 4.42 Å². The third kappa shape index (κ3) is 4.40. The second-order valence-corrected chi connectivity index (χ2v) is 12.8. The van der Waals surface area contributed by atoms with Crippen molar-refractivity contribution in [3.63, 3.8) is 0 Å². The van der Waals surface area contributed by atoms with Gasteiger partial charge in [-0.25, -0.2) is 0 Å². The molecule has 10 rings (SSSR count). The highest BCUT2D eigenvalue weighted by Gasteiger charge is 2.22. The highest BCUT2D eigenvalue weighted by molar-refractivity contribution is 6.24. The van der Waals surface area contributed by atoms with Crippen LogP contribution in [0, 0.1) is 0 Å². The van der Waals surface area contributed by atoms with Crippen LogP contribution in [0.1, 0.15) is 0 Å². The zero-order chi connectivity index (χ0) is 32.3. The average Bonchev–Trinajstić information content (AvgIpc) is 3.53. The zero-order valence-corrected chi connectivity index (χ0v) is 26.7. The van der Waals surface area contributed by atoms with E-state index in [-0.39, 0.29) is 0 Å². The van der Waals surface area contributed by atoms with Gasteiger partial charge in [-0.1, -0.05) is 158 Å². The van der Waals surface area contributed by atoms with Gasteiger partial charge in [0.05, 0.1) is 0 Å². The molecule has 0 atom stereocenters. The van der Waals surface area contributed by atoms with Gasteiger partial charge in [0.25, 0.3) is 0 Å². The van der Waals surface area contributed by atoms with E-state index in [2.05, 4.69) is 170 Å². The summed E-state index contributed by atoms with van der Waals surface area (Å²) < 4.78 is 6.23. The van der Waals surface area contributed by atoms with Crippen LogP contribution in [0.4, 0.5) is 0 Å². The van der Waals surface area contributed by atoms with Gasteiger partial charge >= 0.3 is 0 Å². The lowest BCUT2D eigenvalue weighted by Gasteiger charge is -2.22. The van der Waals surface area contributed by atoms with E-state index >= 15 is 0 Å². The Morgan fingerprint density at radius 2 is 0.796 bits per heavy atom. The molecule has 0 spiro atoms. The minimum atomic E-state index is 0.922. The predicted molar refractivity (Wildman–Crippen MR) is 208 cm³/mol. The largest absolute Gasteiger partial charge is 0.456 e. The Morgan fingerprint density at radius 1 is 0.265 bits per heavy atom. The molecule has 0 amide bonds. The van der Waals surface area contributed by atoms with Gasteiger partial charge in [-0.3, -0.25) is 0 Å². The smallest absolute Gasteiger partial charge is 0.136 e. The molecule has 9 aromatic carbocycles. The summed E-state index contributed by atoms with van der Waals surface area (Å²) in [5, 5.41) is 9.65. The molecule has 10 aromatic rings. The lowest BCUT2D eigenvalue weighted by Crippen LogP contribution is -1.95. The van der Waals surface area contributed by atoms with E-state index in [1.807, 2.05) is 12.1 Å². The number of furan rings is 1. The van der Waals surface area contributed by atoms with E-state index in [9.17, 15) is 0 Å². The van der Waals surface area contributed by atoms with Gasteiger partial charge in [-0.05, 0) is 101 Å². The van der Waals surface area contributed by atoms with Gasteiger partial charge in [0.15, 0.2) is 0 Å². The molecule has 0 saturated heterocycles. The van der Waals surface area contributed by atoms with Crippen LogP contribution in [0.5, 0.6) is 0 Å². The van der Waals surface area contributed by atoms with Crippen molar-refractivity contribution in [2.75, 3.05) is 0 Å². The summed E-state index contributed by atoms with van der Waals surface area (Å²) in [6.07, 6.45) is 0. The van der Waals surface area contributed by atoms with Crippen LogP contribution in [-0.2, 0) is 0 Å². The average molecular weight is 623 g/mol. The van der Waals surface area contributed by atoms with Gasteiger partial charge in [-0.2, -0.15) is 0 Å². The van der Waals surface area contributed by atoms with Crippen molar-refractivity contribution in [2.45, 2.75) is 0 Å². The lowest BCUT2D eigenvalue weighted by atomic mass is 9.81. The van der Waals surface area contributed by atoms with Gasteiger partial charge in [0.1, 0.15) is 11.2 Å². The summed E-state index contributed by atoms with van der Waals surface area (Å²) in [6.45, 7) is 0. The molecular formula is C48H30O. The SMILES string of the molecule is c1ccc(-c2cccc(-c3ccccc3)c2-c2c3ccccc3c(-c3ccc4cc5oc6ccccc6c5cc4c3)c3ccccc23)cc1. The van der Waals surface area contributed by atoms with E-state index in [1.54, 1.807) is 0 Å². The first kappa shape index (κ1) is 27.7. The van der Waals surface area contributed by atoms with Gasteiger partial charge in [0.2, 0.25) is 0 Å². The van der Waals surface area contributed by atoms with Crippen molar-refractivity contribution < 1.29 is 4.42 Å². The molecule has 0 aliphatic heterocycles. The fraction of sp³-hybridized carbons (Fsp3) is 0. The third-order valence-corrected chi connectivity index (χ3v) is 10.0. The van der Waals surface area contributed by atoms with E-state index in [0.29, 0.717) is 0 Å². The molecule has 0 unspecified atom stereocenters. The maximum Gasteiger partial charge on any atom is 0.136 e. The molecule has 1 aromatic heterocycles. The molecule has 0 fully saturated rings. The molecule has 49 heavy (non-hydrogen) atoms. The molecule has 228 valence electrons. The first-order valence-corrected chi connectivity index (χ1v) is 16.8. The van der Waals surface area contributed by atoms with Crippen LogP contribution >= 0.6 is 0 Å². The summed E-state index contributed by atoms with van der Waals surface area (Å²) in [7, 11) is 0. The Bertz CT molecular complexity index is 2750. The predicted octanol–water partition coefficient (Wildman–Crippen LogP) is 13.7. The Morgan fingerprint density at radius 3 is 1.41 bits per heavy atom. The Hall–Kier alpha value is -6.44. The fourth-order valence-electron chi connectivity index (χ4n) is 7.87. The number of hydrogen-bond acceptors (Lipinski definition) is 1. The van der Waals surface area contributed by atoms with Gasteiger partial charge < -0.3 is 4.42 Å². The van der Waals surface area contributed by atoms with Crippen LogP contribution in [0.15, 0.2) is 186 Å². The third-order valence-electron chi connectivity index (χ3n) is 10.0. The monoisotopic (exact) mass is 622 g/mol. The first-order valence-electron chi connectivity index (χ1n) is 16.8. The Kier molecular flexibility index (Phi) is 6.25. The van der Waals surface area contributed by atoms with Gasteiger partial charge in [0, 0.05) is 10.8 Å². The molecular weight excluding hydrogens is 593 g/mol. The Balaban J connectivity index is 1.30. The van der Waals surface area contributed by atoms with Crippen LogP contribution in [-0.4, -0.2) is 0 Å². The van der Waals surface area contributed by atoms with E-state index in [1.165, 1.54) is 76.8 Å². The van der Waals surface area contributed by atoms with Crippen LogP contribution in [0.2, 0.25) is 0 Å². The summed E-state index contributed by atoms with van der Waals surface area (Å²) in [6, 6.07) is 65.9. The molecule has 0 saturated carbocycles. The standard InChI is InChI=1S/C48H30O/c1-3-14-31(15-4-1)36-23-13-24-37(32-16-5-2-6-17-32)47(36)48-41-21-9-7-19-39(41)46(40-20-8-10-22-42(40)48)34-27-26-33-30-45-43(29-35(33)28-34)38-18-11-12-25-44(38)49-45/h1-30H. The van der Waals surface area contributed by atoms with Crippen molar-refractivity contribution in [3.05, 3.63) is 182 Å². The molecule has 0 bridgehead atoms. The summed E-state index contributed by atoms with van der Waals surface area (Å²) in [5.41, 5.74) is 11.7. The lowest BCUT2D eigenvalue weighted by molar-refractivity contribution is 0.669. The highest BCUT2D eigenvalue weighted by Crippen LogP contribution is 2.49. The summed E-state index contributed by atoms with van der Waals surface area (Å²) in [4.78, 5) is 0. The molecule has 0 aliphatic carbocycles. The Labute approximate surface area is 284 Å². The summed E-state index contributed by atoms with van der Waals surface area (Å²) in [5.74, 6) is 0. The normalized spacial score (nSPS) is 11.7. The highest BCUT2D eigenvalue weighted by atomic mass is 16.3. The number of rotatable bonds is 4. The van der Waals surface area contributed by atoms with E-state index < -0.39 is 0 Å². The number of para-hydroxylation sites is 1. The van der Waals surface area contributed by atoms with Crippen LogP contribution in [0.25, 0.3) is 98.8 Å². The minimum absolute atomic E-state index is 0.922. The second kappa shape index (κ2) is 11.1. The van der Waals surface area contributed by atoms with Crippen molar-refractivity contribution in [3.8, 4) is 44.5 Å². The van der Waals surface area contributed by atoms with Crippen LogP contribution in [0.3, 0.4) is 0 Å². The fourth-order valence-corrected chi connectivity index (χ4v) is 7.87. The van der Waals surface area contributed by atoms with Crippen molar-refractivity contribution in [1.29, 1.82) is 0 Å². The molecule has 1 heteroatoms. The topological polar surface area (TPSA) is 13.1 Å². The first-order chi connectivity index (χ1) is 24.3.